The largest absolute Gasteiger partial charge is 0.490 e. The molecule has 0 aliphatic rings. The van der Waals surface area contributed by atoms with Crippen LogP contribution in [-0.2, 0) is 6.54 Å². The van der Waals surface area contributed by atoms with E-state index in [4.69, 9.17) is 10.6 Å². The van der Waals surface area contributed by atoms with Gasteiger partial charge in [0, 0.05) is 18.4 Å². The van der Waals surface area contributed by atoms with Gasteiger partial charge in [-0.3, -0.25) is 4.68 Å². The lowest BCUT2D eigenvalue weighted by Gasteiger charge is -2.17. The Morgan fingerprint density at radius 3 is 2.84 bits per heavy atom. The van der Waals surface area contributed by atoms with E-state index < -0.39 is 0 Å². The summed E-state index contributed by atoms with van der Waals surface area (Å²) in [6, 6.07) is 2.00. The number of anilines is 2. The fraction of sp³-hybridized carbons (Fsp3) is 0.364. The molecule has 0 radical (unpaired) electrons. The fourth-order valence-corrected chi connectivity index (χ4v) is 1.74. The van der Waals surface area contributed by atoms with Crippen molar-refractivity contribution in [2.75, 3.05) is 17.9 Å². The van der Waals surface area contributed by atoms with Gasteiger partial charge in [0.05, 0.1) is 13.7 Å². The third-order valence-corrected chi connectivity index (χ3v) is 2.55. The highest BCUT2D eigenvalue weighted by molar-refractivity contribution is 5.63. The van der Waals surface area contributed by atoms with E-state index in [0.717, 1.165) is 0 Å². The van der Waals surface area contributed by atoms with Gasteiger partial charge >= 0.3 is 0 Å². The molecule has 0 bridgehead atoms. The number of hydrogen-bond acceptors (Lipinski definition) is 7. The van der Waals surface area contributed by atoms with Gasteiger partial charge < -0.3 is 15.5 Å². The number of nitrogen functional groups attached to an aromatic ring is 1. The quantitative estimate of drug-likeness (QED) is 0.514. The molecule has 2 aromatic heterocycles. The van der Waals surface area contributed by atoms with E-state index in [9.17, 15) is 0 Å². The van der Waals surface area contributed by atoms with Crippen LogP contribution in [0.15, 0.2) is 24.8 Å². The number of rotatable bonds is 6. The average molecular weight is 263 g/mol. The highest BCUT2D eigenvalue weighted by Gasteiger charge is 2.13. The Morgan fingerprint density at radius 1 is 1.42 bits per heavy atom. The van der Waals surface area contributed by atoms with E-state index in [1.54, 1.807) is 13.3 Å². The van der Waals surface area contributed by atoms with Crippen molar-refractivity contribution in [2.45, 2.75) is 19.5 Å². The third-order valence-electron chi connectivity index (χ3n) is 2.55. The van der Waals surface area contributed by atoms with Crippen molar-refractivity contribution in [3.8, 4) is 5.75 Å². The molecule has 0 aliphatic heterocycles. The van der Waals surface area contributed by atoms with Crippen LogP contribution in [0.2, 0.25) is 0 Å². The minimum Gasteiger partial charge on any atom is -0.490 e. The average Bonchev–Trinajstić information content (AvgIpc) is 2.91. The smallest absolute Gasteiger partial charge is 0.205 e. The lowest BCUT2D eigenvalue weighted by atomic mass is 10.3. The summed E-state index contributed by atoms with van der Waals surface area (Å²) in [5.74, 6) is 6.88. The van der Waals surface area contributed by atoms with Crippen molar-refractivity contribution in [3.63, 3.8) is 0 Å². The second kappa shape index (κ2) is 6.01. The lowest BCUT2D eigenvalue weighted by Crippen LogP contribution is -2.23. The van der Waals surface area contributed by atoms with Crippen LogP contribution in [0.1, 0.15) is 6.92 Å². The minimum atomic E-state index is 0.120. The number of nitrogens with two attached hydrogens (primary N) is 1. The van der Waals surface area contributed by atoms with Gasteiger partial charge in [-0.25, -0.2) is 15.8 Å². The molecule has 19 heavy (non-hydrogen) atoms. The van der Waals surface area contributed by atoms with Crippen LogP contribution >= 0.6 is 0 Å². The molecule has 0 aromatic carbocycles. The number of ether oxygens (including phenoxy) is 1. The zero-order valence-corrected chi connectivity index (χ0v) is 10.9. The molecule has 4 N–H and O–H groups in total. The van der Waals surface area contributed by atoms with Crippen LogP contribution < -0.4 is 21.3 Å². The van der Waals surface area contributed by atoms with Gasteiger partial charge in [0.15, 0.2) is 11.6 Å². The van der Waals surface area contributed by atoms with Crippen molar-refractivity contribution in [2.24, 2.45) is 5.84 Å². The Balaban J connectivity index is 2.09. The van der Waals surface area contributed by atoms with E-state index >= 15 is 0 Å². The van der Waals surface area contributed by atoms with Crippen molar-refractivity contribution in [1.82, 2.24) is 19.7 Å². The van der Waals surface area contributed by atoms with Gasteiger partial charge in [-0.05, 0) is 13.0 Å². The standard InChI is InChI=1S/C11H17N7O/c1-8(6-18-5-3-4-15-18)16-10-9(19-2)11(17-12)14-7-13-10/h3-5,7-8H,6,12H2,1-2H3,(H2,13,14,16,17). The highest BCUT2D eigenvalue weighted by atomic mass is 16.5. The van der Waals surface area contributed by atoms with Crippen LogP contribution in [0.3, 0.4) is 0 Å². The zero-order valence-electron chi connectivity index (χ0n) is 10.9. The molecular weight excluding hydrogens is 246 g/mol. The Bertz CT molecular complexity index is 514. The number of hydrazine groups is 1. The Labute approximate surface area is 111 Å². The number of nitrogens with one attached hydrogen (secondary N) is 2. The first-order valence-electron chi connectivity index (χ1n) is 5.84. The van der Waals surface area contributed by atoms with Gasteiger partial charge in [-0.1, -0.05) is 0 Å². The summed E-state index contributed by atoms with van der Waals surface area (Å²) in [6.45, 7) is 2.74. The molecule has 0 fully saturated rings. The van der Waals surface area contributed by atoms with Crippen LogP contribution in [0.4, 0.5) is 11.6 Å². The monoisotopic (exact) mass is 263 g/mol. The minimum absolute atomic E-state index is 0.120. The van der Waals surface area contributed by atoms with Crippen LogP contribution in [0.5, 0.6) is 5.75 Å². The van der Waals surface area contributed by atoms with E-state index in [-0.39, 0.29) is 6.04 Å². The lowest BCUT2D eigenvalue weighted by molar-refractivity contribution is 0.413. The third kappa shape index (κ3) is 3.10. The maximum absolute atomic E-state index is 5.37. The summed E-state index contributed by atoms with van der Waals surface area (Å²) < 4.78 is 7.09. The maximum Gasteiger partial charge on any atom is 0.205 e. The Hall–Kier alpha value is -2.35. The predicted molar refractivity (Wildman–Crippen MR) is 71.7 cm³/mol. The summed E-state index contributed by atoms with van der Waals surface area (Å²) in [5, 5.41) is 7.40. The van der Waals surface area contributed by atoms with Crippen LogP contribution in [0, 0.1) is 0 Å². The Kier molecular flexibility index (Phi) is 4.14. The fourth-order valence-electron chi connectivity index (χ4n) is 1.74. The molecule has 0 saturated heterocycles. The second-order valence-corrected chi connectivity index (χ2v) is 4.02. The molecule has 0 amide bonds. The highest BCUT2D eigenvalue weighted by Crippen LogP contribution is 2.28. The predicted octanol–water partition coefficient (Wildman–Crippen LogP) is 0.468. The molecule has 8 heteroatoms. The summed E-state index contributed by atoms with van der Waals surface area (Å²) in [5.41, 5.74) is 2.47. The van der Waals surface area contributed by atoms with Crippen molar-refractivity contribution >= 4 is 11.6 Å². The molecule has 8 nitrogen and oxygen atoms in total. The van der Waals surface area contributed by atoms with Gasteiger partial charge in [-0.15, -0.1) is 0 Å². The molecule has 1 atom stereocenters. The zero-order chi connectivity index (χ0) is 13.7. The van der Waals surface area contributed by atoms with Crippen molar-refractivity contribution in [3.05, 3.63) is 24.8 Å². The summed E-state index contributed by atoms with van der Waals surface area (Å²) in [4.78, 5) is 8.14. The van der Waals surface area contributed by atoms with Gasteiger partial charge in [0.2, 0.25) is 5.75 Å². The molecule has 2 aromatic rings. The van der Waals surface area contributed by atoms with Crippen LogP contribution in [-0.4, -0.2) is 32.9 Å². The van der Waals surface area contributed by atoms with Gasteiger partial charge in [-0.2, -0.15) is 5.10 Å². The Morgan fingerprint density at radius 2 is 2.21 bits per heavy atom. The van der Waals surface area contributed by atoms with Gasteiger partial charge in [0.1, 0.15) is 6.33 Å². The first-order valence-corrected chi connectivity index (χ1v) is 5.84. The SMILES string of the molecule is COc1c(NN)ncnc1NC(C)Cn1cccn1. The number of hydrogen-bond donors (Lipinski definition) is 3. The number of aromatic nitrogens is 4. The molecule has 102 valence electrons. The summed E-state index contributed by atoms with van der Waals surface area (Å²) in [6.07, 6.45) is 5.07. The summed E-state index contributed by atoms with van der Waals surface area (Å²) in [7, 11) is 1.54. The van der Waals surface area contributed by atoms with E-state index in [0.29, 0.717) is 23.9 Å². The first-order chi connectivity index (χ1) is 9.24. The van der Waals surface area contributed by atoms with E-state index in [2.05, 4.69) is 25.8 Å². The summed E-state index contributed by atoms with van der Waals surface area (Å²) >= 11 is 0. The molecule has 2 heterocycles. The number of methoxy groups -OCH3 is 1. The molecule has 2 rings (SSSR count). The van der Waals surface area contributed by atoms with Crippen LogP contribution in [0.25, 0.3) is 0 Å². The number of nitrogens with zero attached hydrogens (tertiary/aromatic N) is 4. The second-order valence-electron chi connectivity index (χ2n) is 4.02. The molecule has 0 saturated carbocycles. The van der Waals surface area contributed by atoms with Gasteiger partial charge in [0.25, 0.3) is 0 Å². The molecule has 1 unspecified atom stereocenters. The maximum atomic E-state index is 5.37. The van der Waals surface area contributed by atoms with E-state index in [1.807, 2.05) is 23.9 Å². The first kappa shape index (κ1) is 13.1. The molecular formula is C11H17N7O. The van der Waals surface area contributed by atoms with Crippen molar-refractivity contribution < 1.29 is 4.74 Å². The molecule has 0 spiro atoms. The van der Waals surface area contributed by atoms with E-state index in [1.165, 1.54) is 6.33 Å². The normalized spacial score (nSPS) is 11.9. The van der Waals surface area contributed by atoms with Crippen molar-refractivity contribution in [1.29, 1.82) is 0 Å². The molecule has 0 aliphatic carbocycles. The topological polar surface area (TPSA) is 103 Å².